The number of allylic oxidation sites excluding steroid dienone is 1. The molecule has 138 valence electrons. The molecule has 0 aliphatic carbocycles. The maximum atomic E-state index is 12.7. The molecule has 2 amide bonds. The molecule has 6 nitrogen and oxygen atoms in total. The normalized spacial score (nSPS) is 21.9. The van der Waals surface area contributed by atoms with E-state index in [9.17, 15) is 14.9 Å². The third-order valence-corrected chi connectivity index (χ3v) is 5.32. The number of likely N-dealkylation sites (N-methyl/N-ethyl adjacent to an activating group) is 2. The van der Waals surface area contributed by atoms with Gasteiger partial charge in [-0.25, -0.2) is 4.99 Å². The van der Waals surface area contributed by atoms with Crippen LogP contribution in [-0.4, -0.2) is 36.0 Å². The Morgan fingerprint density at radius 3 is 2.48 bits per heavy atom. The summed E-state index contributed by atoms with van der Waals surface area (Å²) in [5.74, 6) is -1.02. The Hall–Kier alpha value is -3.20. The van der Waals surface area contributed by atoms with Gasteiger partial charge in [0.1, 0.15) is 17.4 Å². The number of carbonyl (C=O) groups is 2. The van der Waals surface area contributed by atoms with Crippen molar-refractivity contribution in [2.45, 2.75) is 33.1 Å². The van der Waals surface area contributed by atoms with Gasteiger partial charge in [-0.05, 0) is 25.5 Å². The lowest BCUT2D eigenvalue weighted by Gasteiger charge is -2.26. The zero-order valence-corrected chi connectivity index (χ0v) is 16.2. The van der Waals surface area contributed by atoms with E-state index >= 15 is 0 Å². The summed E-state index contributed by atoms with van der Waals surface area (Å²) in [5.41, 5.74) is 3.38. The van der Waals surface area contributed by atoms with Crippen LogP contribution in [0.4, 0.5) is 5.69 Å². The molecule has 3 rings (SSSR count). The maximum Gasteiger partial charge on any atom is 0.279 e. The van der Waals surface area contributed by atoms with Crippen molar-refractivity contribution in [1.29, 1.82) is 5.26 Å². The zero-order chi connectivity index (χ0) is 19.9. The summed E-state index contributed by atoms with van der Waals surface area (Å²) in [5, 5.41) is 9.33. The molecule has 0 N–H and O–H groups in total. The lowest BCUT2D eigenvalue weighted by molar-refractivity contribution is -0.138. The number of anilines is 1. The summed E-state index contributed by atoms with van der Waals surface area (Å²) >= 11 is 0. The van der Waals surface area contributed by atoms with E-state index in [2.05, 4.69) is 29.8 Å². The van der Waals surface area contributed by atoms with Crippen LogP contribution in [-0.2, 0) is 15.0 Å². The van der Waals surface area contributed by atoms with Gasteiger partial charge in [0.25, 0.3) is 11.8 Å². The summed E-state index contributed by atoms with van der Waals surface area (Å²) in [6, 6.07) is 10.0. The summed E-state index contributed by atoms with van der Waals surface area (Å²) in [6.07, 6.45) is 1.68. The first-order valence-electron chi connectivity index (χ1n) is 8.84. The second-order valence-corrected chi connectivity index (χ2v) is 7.16. The topological polar surface area (TPSA) is 76.8 Å². The van der Waals surface area contributed by atoms with Crippen molar-refractivity contribution in [2.24, 2.45) is 4.99 Å². The highest BCUT2D eigenvalue weighted by molar-refractivity contribution is 6.50. The number of fused-ring (bicyclic) bond motifs is 1. The number of benzene rings is 1. The highest BCUT2D eigenvalue weighted by atomic mass is 16.2. The van der Waals surface area contributed by atoms with Gasteiger partial charge in [0.05, 0.1) is 0 Å². The van der Waals surface area contributed by atoms with Crippen LogP contribution < -0.4 is 4.90 Å². The first kappa shape index (κ1) is 18.6. The molecule has 1 aromatic carbocycles. The first-order chi connectivity index (χ1) is 12.8. The number of hydrogen-bond donors (Lipinski definition) is 0. The molecule has 0 bridgehead atoms. The number of para-hydroxylation sites is 1. The molecule has 2 aliphatic heterocycles. The Bertz CT molecular complexity index is 976. The predicted molar refractivity (Wildman–Crippen MR) is 104 cm³/mol. The number of hydrogen-bond acceptors (Lipinski definition) is 5. The van der Waals surface area contributed by atoms with Crippen LogP contribution in [0.15, 0.2) is 52.3 Å². The molecule has 0 unspecified atom stereocenters. The number of nitrogens with zero attached hydrogens (tertiary/aromatic N) is 4. The van der Waals surface area contributed by atoms with E-state index in [1.54, 1.807) is 20.0 Å². The van der Waals surface area contributed by atoms with Crippen LogP contribution in [0.3, 0.4) is 0 Å². The van der Waals surface area contributed by atoms with Crippen molar-refractivity contribution in [2.75, 3.05) is 18.5 Å². The van der Waals surface area contributed by atoms with Crippen LogP contribution in [0.2, 0.25) is 0 Å². The average Bonchev–Trinajstić information content (AvgIpc) is 2.83. The van der Waals surface area contributed by atoms with Gasteiger partial charge in [-0.3, -0.25) is 14.5 Å². The van der Waals surface area contributed by atoms with Gasteiger partial charge in [0.15, 0.2) is 0 Å². The zero-order valence-electron chi connectivity index (χ0n) is 16.2. The van der Waals surface area contributed by atoms with Gasteiger partial charge in [0, 0.05) is 42.2 Å². The van der Waals surface area contributed by atoms with Crippen molar-refractivity contribution >= 4 is 23.2 Å². The average molecular weight is 362 g/mol. The second kappa shape index (κ2) is 6.51. The molecule has 1 aromatic rings. The Kier molecular flexibility index (Phi) is 4.48. The van der Waals surface area contributed by atoms with E-state index in [0.29, 0.717) is 5.57 Å². The van der Waals surface area contributed by atoms with Crippen LogP contribution >= 0.6 is 0 Å². The molecule has 0 spiro atoms. The Labute approximate surface area is 159 Å². The molecule has 2 aliphatic rings. The molecule has 0 saturated carbocycles. The van der Waals surface area contributed by atoms with Crippen molar-refractivity contribution in [3.8, 4) is 6.07 Å². The smallest absolute Gasteiger partial charge is 0.279 e. The lowest BCUT2D eigenvalue weighted by atomic mass is 9.84. The maximum absolute atomic E-state index is 12.7. The van der Waals surface area contributed by atoms with Crippen LogP contribution in [0.1, 0.15) is 33.3 Å². The summed E-state index contributed by atoms with van der Waals surface area (Å²) in [4.78, 5) is 32.5. The van der Waals surface area contributed by atoms with E-state index in [-0.39, 0.29) is 23.2 Å². The summed E-state index contributed by atoms with van der Waals surface area (Å²) in [7, 11) is 1.97. The predicted octanol–water partition coefficient (Wildman–Crippen LogP) is 2.93. The molecular weight excluding hydrogens is 340 g/mol. The standard InChI is InChI=1S/C21H22N4O2/c1-6-25-19(26)14(11-22)13(2)18(20(25)27)23-12-17-21(3,4)15-9-7-8-10-16(15)24(17)5/h7-10,12H,6H2,1-5H3/b17-12+,23-18?. The largest absolute Gasteiger partial charge is 0.346 e. The Morgan fingerprint density at radius 1 is 1.22 bits per heavy atom. The van der Waals surface area contributed by atoms with E-state index in [1.807, 2.05) is 31.3 Å². The highest BCUT2D eigenvalue weighted by Gasteiger charge is 2.39. The van der Waals surface area contributed by atoms with Crippen molar-refractivity contribution < 1.29 is 9.59 Å². The van der Waals surface area contributed by atoms with Gasteiger partial charge in [-0.15, -0.1) is 0 Å². The Morgan fingerprint density at radius 2 is 1.89 bits per heavy atom. The molecule has 0 radical (unpaired) electrons. The molecule has 27 heavy (non-hydrogen) atoms. The fourth-order valence-corrected chi connectivity index (χ4v) is 3.72. The molecule has 0 atom stereocenters. The third-order valence-electron chi connectivity index (χ3n) is 5.32. The minimum Gasteiger partial charge on any atom is -0.346 e. The summed E-state index contributed by atoms with van der Waals surface area (Å²) in [6.45, 7) is 7.70. The van der Waals surface area contributed by atoms with E-state index in [0.717, 1.165) is 16.3 Å². The highest BCUT2D eigenvalue weighted by Crippen LogP contribution is 2.46. The number of nitriles is 1. The number of carbonyl (C=O) groups excluding carboxylic acids is 2. The third kappa shape index (κ3) is 2.67. The van der Waals surface area contributed by atoms with Crippen LogP contribution in [0, 0.1) is 11.3 Å². The molecule has 0 aromatic heterocycles. The molecule has 6 heteroatoms. The van der Waals surface area contributed by atoms with Gasteiger partial charge in [0.2, 0.25) is 0 Å². The quantitative estimate of drug-likeness (QED) is 0.758. The first-order valence-corrected chi connectivity index (χ1v) is 8.84. The van der Waals surface area contributed by atoms with E-state index in [4.69, 9.17) is 0 Å². The summed E-state index contributed by atoms with van der Waals surface area (Å²) < 4.78 is 0. The monoisotopic (exact) mass is 362 g/mol. The van der Waals surface area contributed by atoms with Crippen LogP contribution in [0.25, 0.3) is 0 Å². The lowest BCUT2D eigenvalue weighted by Crippen LogP contribution is -2.46. The van der Waals surface area contributed by atoms with Gasteiger partial charge in [-0.1, -0.05) is 32.0 Å². The SMILES string of the molecule is CCN1C(=O)C(=N/C=C2/N(C)c3ccccc3C2(C)C)C(C)=C(C#N)C1=O. The Balaban J connectivity index is 2.12. The van der Waals surface area contributed by atoms with Gasteiger partial charge >= 0.3 is 0 Å². The van der Waals surface area contributed by atoms with Gasteiger partial charge < -0.3 is 4.90 Å². The minimum absolute atomic E-state index is 0.0316. The number of imide groups is 1. The number of aliphatic imine (C=N–C) groups is 1. The van der Waals surface area contributed by atoms with Crippen molar-refractivity contribution in [1.82, 2.24) is 4.90 Å². The number of amides is 2. The fourth-order valence-electron chi connectivity index (χ4n) is 3.72. The molecule has 2 heterocycles. The van der Waals surface area contributed by atoms with Crippen LogP contribution in [0.5, 0.6) is 0 Å². The van der Waals surface area contributed by atoms with Gasteiger partial charge in [-0.2, -0.15) is 5.26 Å². The fraction of sp³-hybridized carbons (Fsp3) is 0.333. The molecule has 0 saturated heterocycles. The number of rotatable bonds is 2. The van der Waals surface area contributed by atoms with Crippen molar-refractivity contribution in [3.63, 3.8) is 0 Å². The van der Waals surface area contributed by atoms with E-state index in [1.165, 1.54) is 5.56 Å². The second-order valence-electron chi connectivity index (χ2n) is 7.16. The minimum atomic E-state index is -0.556. The molecule has 0 fully saturated rings. The molecular formula is C21H22N4O2. The van der Waals surface area contributed by atoms with E-state index < -0.39 is 11.8 Å². The van der Waals surface area contributed by atoms with Crippen molar-refractivity contribution in [3.05, 3.63) is 52.9 Å².